The number of piperidine rings is 1. The molecule has 2 rings (SSSR count). The minimum absolute atomic E-state index is 0.251. The molecular formula is C14H26N2O. The molecule has 0 bridgehead atoms. The van der Waals surface area contributed by atoms with Gasteiger partial charge in [0.1, 0.15) is 0 Å². The fourth-order valence-corrected chi connectivity index (χ4v) is 3.35. The standard InChI is InChI=1S/C14H26N2O/c1-15(2)14(17)12-7-6-10-16(11-12)13-8-4-3-5-9-13/h12-13H,3-11H2,1-2H3. The number of nitrogens with zero attached hydrogens (tertiary/aromatic N) is 2. The molecule has 1 amide bonds. The average Bonchev–Trinajstić information content (AvgIpc) is 2.39. The maximum absolute atomic E-state index is 12.0. The normalized spacial score (nSPS) is 28.0. The van der Waals surface area contributed by atoms with Gasteiger partial charge in [-0.1, -0.05) is 19.3 Å². The molecule has 2 fully saturated rings. The van der Waals surface area contributed by atoms with Gasteiger partial charge in [-0.05, 0) is 32.2 Å². The van der Waals surface area contributed by atoms with E-state index in [9.17, 15) is 4.79 Å². The molecule has 1 aliphatic heterocycles. The first-order valence-corrected chi connectivity index (χ1v) is 7.13. The Morgan fingerprint density at radius 1 is 1.06 bits per heavy atom. The Bertz CT molecular complexity index is 259. The monoisotopic (exact) mass is 238 g/mol. The molecule has 1 saturated carbocycles. The second-order valence-corrected chi connectivity index (χ2v) is 5.86. The van der Waals surface area contributed by atoms with Gasteiger partial charge in [0.15, 0.2) is 0 Å². The number of hydrogen-bond donors (Lipinski definition) is 0. The van der Waals surface area contributed by atoms with Gasteiger partial charge in [0, 0.05) is 26.7 Å². The molecule has 1 atom stereocenters. The zero-order valence-corrected chi connectivity index (χ0v) is 11.3. The first kappa shape index (κ1) is 12.9. The van der Waals surface area contributed by atoms with Crippen LogP contribution in [-0.4, -0.2) is 48.9 Å². The van der Waals surface area contributed by atoms with E-state index in [-0.39, 0.29) is 5.92 Å². The van der Waals surface area contributed by atoms with Crippen molar-refractivity contribution in [1.82, 2.24) is 9.80 Å². The zero-order valence-electron chi connectivity index (χ0n) is 11.3. The van der Waals surface area contributed by atoms with Crippen molar-refractivity contribution in [3.8, 4) is 0 Å². The largest absolute Gasteiger partial charge is 0.349 e. The predicted octanol–water partition coefficient (Wildman–Crippen LogP) is 2.12. The molecule has 1 saturated heterocycles. The summed E-state index contributed by atoms with van der Waals surface area (Å²) in [7, 11) is 3.75. The molecule has 0 spiro atoms. The molecule has 98 valence electrons. The van der Waals surface area contributed by atoms with Gasteiger partial charge in [-0.3, -0.25) is 9.69 Å². The molecule has 0 aromatic rings. The van der Waals surface area contributed by atoms with Crippen LogP contribution in [0.5, 0.6) is 0 Å². The van der Waals surface area contributed by atoms with E-state index in [2.05, 4.69) is 4.90 Å². The van der Waals surface area contributed by atoms with Gasteiger partial charge in [-0.25, -0.2) is 0 Å². The van der Waals surface area contributed by atoms with Crippen molar-refractivity contribution < 1.29 is 4.79 Å². The van der Waals surface area contributed by atoms with E-state index in [4.69, 9.17) is 0 Å². The fraction of sp³-hybridized carbons (Fsp3) is 0.929. The van der Waals surface area contributed by atoms with Crippen LogP contribution in [0.1, 0.15) is 44.9 Å². The van der Waals surface area contributed by atoms with Crippen molar-refractivity contribution in [3.05, 3.63) is 0 Å². The summed E-state index contributed by atoms with van der Waals surface area (Å²) >= 11 is 0. The van der Waals surface area contributed by atoms with E-state index in [1.54, 1.807) is 4.90 Å². The molecule has 0 aromatic heterocycles. The Hall–Kier alpha value is -0.570. The minimum atomic E-state index is 0.251. The third-order valence-electron chi connectivity index (χ3n) is 4.33. The molecule has 0 radical (unpaired) electrons. The summed E-state index contributed by atoms with van der Waals surface area (Å²) in [6, 6.07) is 0.765. The molecule has 0 N–H and O–H groups in total. The molecule has 2 aliphatic rings. The van der Waals surface area contributed by atoms with Crippen LogP contribution in [0.4, 0.5) is 0 Å². The van der Waals surface area contributed by atoms with Crippen LogP contribution in [0.15, 0.2) is 0 Å². The van der Waals surface area contributed by atoms with Crippen LogP contribution in [0.25, 0.3) is 0 Å². The van der Waals surface area contributed by atoms with Gasteiger partial charge in [0.2, 0.25) is 5.91 Å². The van der Waals surface area contributed by atoms with Crippen molar-refractivity contribution in [2.45, 2.75) is 51.0 Å². The van der Waals surface area contributed by atoms with Crippen LogP contribution in [0, 0.1) is 5.92 Å². The number of carbonyl (C=O) groups excluding carboxylic acids is 1. The predicted molar refractivity (Wildman–Crippen MR) is 69.9 cm³/mol. The molecule has 3 heteroatoms. The SMILES string of the molecule is CN(C)C(=O)C1CCCN(C2CCCCC2)C1. The number of carbonyl (C=O) groups is 1. The second kappa shape index (κ2) is 5.85. The topological polar surface area (TPSA) is 23.6 Å². The molecule has 3 nitrogen and oxygen atoms in total. The van der Waals surface area contributed by atoms with Gasteiger partial charge in [0.25, 0.3) is 0 Å². The maximum atomic E-state index is 12.0. The van der Waals surface area contributed by atoms with E-state index in [0.29, 0.717) is 5.91 Å². The third-order valence-corrected chi connectivity index (χ3v) is 4.33. The molecular weight excluding hydrogens is 212 g/mol. The Morgan fingerprint density at radius 2 is 1.76 bits per heavy atom. The summed E-state index contributed by atoms with van der Waals surface area (Å²) in [5, 5.41) is 0. The van der Waals surface area contributed by atoms with Crippen LogP contribution < -0.4 is 0 Å². The Balaban J connectivity index is 1.89. The first-order valence-electron chi connectivity index (χ1n) is 7.13. The number of likely N-dealkylation sites (tertiary alicyclic amines) is 1. The quantitative estimate of drug-likeness (QED) is 0.735. The van der Waals surface area contributed by atoms with Crippen LogP contribution >= 0.6 is 0 Å². The molecule has 1 heterocycles. The van der Waals surface area contributed by atoms with Gasteiger partial charge in [0.05, 0.1) is 5.92 Å². The van der Waals surface area contributed by atoms with Crippen LogP contribution in [0.3, 0.4) is 0 Å². The van der Waals surface area contributed by atoms with Gasteiger partial charge in [-0.2, -0.15) is 0 Å². The summed E-state index contributed by atoms with van der Waals surface area (Å²) in [6.07, 6.45) is 9.15. The summed E-state index contributed by atoms with van der Waals surface area (Å²) in [6.45, 7) is 2.21. The van der Waals surface area contributed by atoms with Crippen molar-refractivity contribution in [3.63, 3.8) is 0 Å². The lowest BCUT2D eigenvalue weighted by atomic mass is 9.90. The summed E-state index contributed by atoms with van der Waals surface area (Å²) < 4.78 is 0. The van der Waals surface area contributed by atoms with E-state index in [1.807, 2.05) is 14.1 Å². The van der Waals surface area contributed by atoms with Crippen LogP contribution in [-0.2, 0) is 4.79 Å². The smallest absolute Gasteiger partial charge is 0.226 e. The lowest BCUT2D eigenvalue weighted by molar-refractivity contribution is -0.135. The summed E-state index contributed by atoms with van der Waals surface area (Å²) in [5.74, 6) is 0.575. The van der Waals surface area contributed by atoms with Crippen molar-refractivity contribution in [2.24, 2.45) is 5.92 Å². The highest BCUT2D eigenvalue weighted by molar-refractivity contribution is 5.78. The molecule has 17 heavy (non-hydrogen) atoms. The minimum Gasteiger partial charge on any atom is -0.349 e. The molecule has 0 aromatic carbocycles. The highest BCUT2D eigenvalue weighted by Gasteiger charge is 2.30. The van der Waals surface area contributed by atoms with Gasteiger partial charge in [-0.15, -0.1) is 0 Å². The first-order chi connectivity index (χ1) is 8.18. The van der Waals surface area contributed by atoms with E-state index < -0.39 is 0 Å². The maximum Gasteiger partial charge on any atom is 0.226 e. The van der Waals surface area contributed by atoms with E-state index in [0.717, 1.165) is 19.0 Å². The number of amides is 1. The van der Waals surface area contributed by atoms with E-state index >= 15 is 0 Å². The fourth-order valence-electron chi connectivity index (χ4n) is 3.35. The number of rotatable bonds is 2. The van der Waals surface area contributed by atoms with Crippen molar-refractivity contribution >= 4 is 5.91 Å². The summed E-state index contributed by atoms with van der Waals surface area (Å²) in [4.78, 5) is 16.4. The lowest BCUT2D eigenvalue weighted by Gasteiger charge is -2.40. The number of hydrogen-bond acceptors (Lipinski definition) is 2. The molecule has 1 aliphatic carbocycles. The highest BCUT2D eigenvalue weighted by atomic mass is 16.2. The Kier molecular flexibility index (Phi) is 4.43. The Morgan fingerprint density at radius 3 is 2.41 bits per heavy atom. The van der Waals surface area contributed by atoms with Crippen molar-refractivity contribution in [1.29, 1.82) is 0 Å². The van der Waals surface area contributed by atoms with Crippen LogP contribution in [0.2, 0.25) is 0 Å². The second-order valence-electron chi connectivity index (χ2n) is 5.86. The summed E-state index contributed by atoms with van der Waals surface area (Å²) in [5.41, 5.74) is 0. The zero-order chi connectivity index (χ0) is 12.3. The highest BCUT2D eigenvalue weighted by Crippen LogP contribution is 2.27. The van der Waals surface area contributed by atoms with E-state index in [1.165, 1.54) is 45.1 Å². The Labute approximate surface area is 105 Å². The third kappa shape index (κ3) is 3.21. The lowest BCUT2D eigenvalue weighted by Crippen LogP contribution is -2.47. The van der Waals surface area contributed by atoms with Gasteiger partial charge < -0.3 is 4.90 Å². The average molecular weight is 238 g/mol. The van der Waals surface area contributed by atoms with Gasteiger partial charge >= 0.3 is 0 Å². The molecule has 1 unspecified atom stereocenters. The van der Waals surface area contributed by atoms with Crippen molar-refractivity contribution in [2.75, 3.05) is 27.2 Å².